The molecule has 0 aromatic carbocycles. The van der Waals surface area contributed by atoms with E-state index in [2.05, 4.69) is 6.92 Å². The van der Waals surface area contributed by atoms with E-state index in [1.807, 2.05) is 6.92 Å². The normalized spacial score (nSPS) is 37.8. The molecule has 0 aromatic heterocycles. The number of epoxide rings is 1. The summed E-state index contributed by atoms with van der Waals surface area (Å²) in [5, 5.41) is 22.0. The van der Waals surface area contributed by atoms with Crippen LogP contribution in [0.5, 0.6) is 0 Å². The van der Waals surface area contributed by atoms with E-state index in [4.69, 9.17) is 23.7 Å². The monoisotopic (exact) mass is 556 g/mol. The van der Waals surface area contributed by atoms with E-state index < -0.39 is 58.6 Å². The summed E-state index contributed by atoms with van der Waals surface area (Å²) in [5.74, 6) is -2.71. The van der Waals surface area contributed by atoms with Gasteiger partial charge in [0.2, 0.25) is 0 Å². The van der Waals surface area contributed by atoms with Gasteiger partial charge in [0, 0.05) is 40.0 Å². The Hall–Kier alpha value is -2.24. The van der Waals surface area contributed by atoms with Crippen LogP contribution in [0.15, 0.2) is 0 Å². The third kappa shape index (κ3) is 6.25. The van der Waals surface area contributed by atoms with Crippen LogP contribution < -0.4 is 0 Å². The van der Waals surface area contributed by atoms with Crippen molar-refractivity contribution in [3.8, 4) is 0 Å². The Morgan fingerprint density at radius 3 is 2.10 bits per heavy atom. The molecule has 2 N–H and O–H groups in total. The fourth-order valence-corrected chi connectivity index (χ4v) is 7.37. The van der Waals surface area contributed by atoms with E-state index in [-0.39, 0.29) is 50.6 Å². The van der Waals surface area contributed by atoms with Crippen LogP contribution in [0.3, 0.4) is 0 Å². The molecule has 1 heterocycles. The van der Waals surface area contributed by atoms with Gasteiger partial charge in [-0.2, -0.15) is 0 Å². The van der Waals surface area contributed by atoms with Gasteiger partial charge >= 0.3 is 23.9 Å². The van der Waals surface area contributed by atoms with Crippen LogP contribution in [0.25, 0.3) is 0 Å². The first-order valence-electron chi connectivity index (χ1n) is 13.8. The second kappa shape index (κ2) is 12.1. The summed E-state index contributed by atoms with van der Waals surface area (Å²) in [6, 6.07) is 0. The summed E-state index contributed by atoms with van der Waals surface area (Å²) in [4.78, 5) is 47.4. The molecule has 3 fully saturated rings. The number of esters is 4. The lowest BCUT2D eigenvalue weighted by molar-refractivity contribution is -0.274. The number of fused-ring (bicyclic) bond motifs is 2. The zero-order valence-corrected chi connectivity index (χ0v) is 23.9. The van der Waals surface area contributed by atoms with E-state index in [0.717, 1.165) is 0 Å². The van der Waals surface area contributed by atoms with E-state index in [1.54, 1.807) is 0 Å². The van der Waals surface area contributed by atoms with Crippen molar-refractivity contribution in [3.05, 3.63) is 0 Å². The van der Waals surface area contributed by atoms with Gasteiger partial charge in [-0.15, -0.1) is 0 Å². The van der Waals surface area contributed by atoms with Crippen molar-refractivity contribution in [3.63, 3.8) is 0 Å². The number of hydrogen-bond donors (Lipinski definition) is 2. The predicted molar refractivity (Wildman–Crippen MR) is 136 cm³/mol. The number of aliphatic hydroxyl groups is 2. The molecule has 0 radical (unpaired) electrons. The highest BCUT2D eigenvalue weighted by molar-refractivity contribution is 5.68. The molecule has 1 saturated heterocycles. The van der Waals surface area contributed by atoms with Gasteiger partial charge in [-0.25, -0.2) is 0 Å². The zero-order valence-electron chi connectivity index (χ0n) is 23.9. The Balaban J connectivity index is 2.02. The molecular formula is C28H44O11. The van der Waals surface area contributed by atoms with Crippen molar-refractivity contribution in [2.45, 2.75) is 97.6 Å². The second-order valence-corrected chi connectivity index (χ2v) is 11.9. The maximum atomic E-state index is 12.3. The minimum atomic E-state index is -1.11. The van der Waals surface area contributed by atoms with Crippen LogP contribution in [0.4, 0.5) is 0 Å². The molecule has 11 heteroatoms. The molecule has 222 valence electrons. The summed E-state index contributed by atoms with van der Waals surface area (Å²) in [6.45, 7) is 9.46. The first-order chi connectivity index (χ1) is 18.2. The van der Waals surface area contributed by atoms with Crippen LogP contribution in [0.1, 0.15) is 73.6 Å². The Morgan fingerprint density at radius 1 is 0.974 bits per heavy atom. The van der Waals surface area contributed by atoms with E-state index in [1.165, 1.54) is 27.7 Å². The lowest BCUT2D eigenvalue weighted by Crippen LogP contribution is -2.73. The van der Waals surface area contributed by atoms with Crippen LogP contribution >= 0.6 is 0 Å². The largest absolute Gasteiger partial charge is 0.466 e. The molecule has 3 aliphatic rings. The third-order valence-electron chi connectivity index (χ3n) is 9.47. The number of ether oxygens (including phenoxy) is 5. The summed E-state index contributed by atoms with van der Waals surface area (Å²) in [6.07, 6.45) is -0.283. The Morgan fingerprint density at radius 2 is 1.59 bits per heavy atom. The first-order valence-corrected chi connectivity index (χ1v) is 13.8. The SMILES string of the molecule is CC(=O)OCC[C@H](CC[C@@]1(C)[C@H](C)[C@@H](OC(C)=O)[C@H](OC(C)=O)[C@]2(CO)[C@@H]1C[C@@H](O)C[C@]21CO1)COC(C)=O. The van der Waals surface area contributed by atoms with Gasteiger partial charge in [0.1, 0.15) is 17.8 Å². The molecule has 1 aliphatic heterocycles. The molecule has 0 bridgehead atoms. The maximum Gasteiger partial charge on any atom is 0.303 e. The molecular weight excluding hydrogens is 512 g/mol. The van der Waals surface area contributed by atoms with Gasteiger partial charge in [0.15, 0.2) is 0 Å². The Labute approximate surface area is 229 Å². The van der Waals surface area contributed by atoms with Crippen molar-refractivity contribution in [1.29, 1.82) is 0 Å². The number of carbonyl (C=O) groups excluding carboxylic acids is 4. The minimum absolute atomic E-state index is 0.126. The number of aliphatic hydroxyl groups excluding tert-OH is 2. The predicted octanol–water partition coefficient (Wildman–Crippen LogP) is 1.94. The van der Waals surface area contributed by atoms with Gasteiger partial charge in [0.25, 0.3) is 0 Å². The van der Waals surface area contributed by atoms with Crippen LogP contribution in [-0.4, -0.2) is 84.4 Å². The summed E-state index contributed by atoms with van der Waals surface area (Å²) < 4.78 is 28.1. The van der Waals surface area contributed by atoms with Crippen molar-refractivity contribution in [2.24, 2.45) is 28.6 Å². The minimum Gasteiger partial charge on any atom is -0.466 e. The Kier molecular flexibility index (Phi) is 9.71. The lowest BCUT2D eigenvalue weighted by atomic mass is 9.41. The van der Waals surface area contributed by atoms with Gasteiger partial charge in [0.05, 0.1) is 37.9 Å². The number of hydrogen-bond acceptors (Lipinski definition) is 11. The highest BCUT2D eigenvalue weighted by Gasteiger charge is 2.78. The highest BCUT2D eigenvalue weighted by Crippen LogP contribution is 2.69. The molecule has 1 spiro atoms. The van der Waals surface area contributed by atoms with Gasteiger partial charge < -0.3 is 33.9 Å². The average molecular weight is 557 g/mol. The summed E-state index contributed by atoms with van der Waals surface area (Å²) in [5.41, 5.74) is -2.64. The van der Waals surface area contributed by atoms with Crippen molar-refractivity contribution >= 4 is 23.9 Å². The first kappa shape index (κ1) is 31.3. The molecule has 11 nitrogen and oxygen atoms in total. The smallest absolute Gasteiger partial charge is 0.303 e. The van der Waals surface area contributed by atoms with E-state index >= 15 is 0 Å². The Bertz CT molecular complexity index is 930. The molecule has 2 saturated carbocycles. The summed E-state index contributed by atoms with van der Waals surface area (Å²) >= 11 is 0. The average Bonchev–Trinajstić information content (AvgIpc) is 3.60. The fraction of sp³-hybridized carbons (Fsp3) is 0.857. The van der Waals surface area contributed by atoms with Crippen LogP contribution in [0.2, 0.25) is 0 Å². The molecule has 2 aliphatic carbocycles. The molecule has 3 rings (SSSR count). The standard InChI is InChI=1S/C28H44O11/c1-16-24(38-19(4)32)25(39-20(5)33)28(14-29)23(11-22(34)12-27(28)15-37-27)26(16,6)9-7-21(13-36-18(3)31)8-10-35-17(2)30/h16,21-25,29,34H,7-15H2,1-6H3/t16-,21+,22-,23-,24-,25+,26+,27+,28+/m1/s1. The second-order valence-electron chi connectivity index (χ2n) is 11.9. The van der Waals surface area contributed by atoms with Crippen LogP contribution in [-0.2, 0) is 42.9 Å². The topological polar surface area (TPSA) is 158 Å². The van der Waals surface area contributed by atoms with E-state index in [0.29, 0.717) is 25.7 Å². The maximum absolute atomic E-state index is 12.3. The van der Waals surface area contributed by atoms with Gasteiger partial charge in [-0.05, 0) is 42.9 Å². The third-order valence-corrected chi connectivity index (χ3v) is 9.47. The van der Waals surface area contributed by atoms with Crippen LogP contribution in [0, 0.1) is 28.6 Å². The molecule has 0 aromatic rings. The number of carbonyl (C=O) groups is 4. The van der Waals surface area contributed by atoms with Gasteiger partial charge in [-0.3, -0.25) is 19.2 Å². The zero-order chi connectivity index (χ0) is 29.2. The molecule has 0 amide bonds. The van der Waals surface area contributed by atoms with Crippen molar-refractivity contribution in [1.82, 2.24) is 0 Å². The molecule has 0 unspecified atom stereocenters. The fourth-order valence-electron chi connectivity index (χ4n) is 7.37. The quantitative estimate of drug-likeness (QED) is 0.218. The molecule has 9 atom stereocenters. The highest BCUT2D eigenvalue weighted by atomic mass is 16.6. The van der Waals surface area contributed by atoms with E-state index in [9.17, 15) is 29.4 Å². The summed E-state index contributed by atoms with van der Waals surface area (Å²) in [7, 11) is 0. The van der Waals surface area contributed by atoms with Gasteiger partial charge in [-0.1, -0.05) is 13.8 Å². The lowest BCUT2D eigenvalue weighted by Gasteiger charge is -2.65. The number of rotatable bonds is 11. The molecule has 39 heavy (non-hydrogen) atoms. The van der Waals surface area contributed by atoms with Crippen molar-refractivity contribution in [2.75, 3.05) is 26.4 Å². The van der Waals surface area contributed by atoms with Crippen molar-refractivity contribution < 1.29 is 53.1 Å².